The lowest BCUT2D eigenvalue weighted by Crippen LogP contribution is -2.37. The van der Waals surface area contributed by atoms with Crippen LogP contribution in [0, 0.1) is 13.8 Å². The van der Waals surface area contributed by atoms with Gasteiger partial charge < -0.3 is 15.0 Å². The Balaban J connectivity index is 1.45. The Hall–Kier alpha value is -3.71. The highest BCUT2D eigenvalue weighted by Gasteiger charge is 2.15. The molecule has 1 N–H and O–H groups in total. The van der Waals surface area contributed by atoms with Gasteiger partial charge in [0.15, 0.2) is 6.61 Å². The molecule has 0 aliphatic heterocycles. The number of rotatable bonds is 8. The van der Waals surface area contributed by atoms with E-state index in [1.165, 1.54) is 18.0 Å². The number of nitrogens with zero attached hydrogens (tertiary/aromatic N) is 1. The lowest BCUT2D eigenvalue weighted by molar-refractivity contribution is -0.148. The number of thiophene rings is 1. The van der Waals surface area contributed by atoms with Crippen molar-refractivity contribution in [3.05, 3.63) is 82.7 Å². The van der Waals surface area contributed by atoms with Gasteiger partial charge in [-0.05, 0) is 48.7 Å². The molecule has 0 bridgehead atoms. The number of nitrogens with one attached hydrogen (secondary N) is 1. The van der Waals surface area contributed by atoms with Gasteiger partial charge in [-0.3, -0.25) is 9.59 Å². The van der Waals surface area contributed by atoms with Gasteiger partial charge in [0.05, 0.1) is 6.54 Å². The summed E-state index contributed by atoms with van der Waals surface area (Å²) in [5, 5.41) is 2.83. The lowest BCUT2D eigenvalue weighted by atomic mass is 10.1. The largest absolute Gasteiger partial charge is 0.452 e. The van der Waals surface area contributed by atoms with Gasteiger partial charge >= 0.3 is 5.97 Å². The van der Waals surface area contributed by atoms with Crippen molar-refractivity contribution in [1.82, 2.24) is 4.90 Å². The molecule has 0 saturated carbocycles. The molecule has 1 aromatic heterocycles. The van der Waals surface area contributed by atoms with Gasteiger partial charge in [0.25, 0.3) is 5.91 Å². The molecule has 0 unspecified atom stereocenters. The summed E-state index contributed by atoms with van der Waals surface area (Å²) in [6.07, 6.45) is 2.95. The van der Waals surface area contributed by atoms with Crippen LogP contribution in [-0.2, 0) is 19.1 Å². The Labute approximate surface area is 197 Å². The molecule has 0 spiro atoms. The second-order valence-corrected chi connectivity index (χ2v) is 8.69. The van der Waals surface area contributed by atoms with Crippen molar-refractivity contribution in [1.29, 1.82) is 0 Å². The Bertz CT molecular complexity index is 1150. The van der Waals surface area contributed by atoms with Crippen LogP contribution in [-0.4, -0.2) is 42.9 Å². The number of para-hydroxylation sites is 1. The van der Waals surface area contributed by atoms with Gasteiger partial charge in [0.1, 0.15) is 0 Å². The average molecular weight is 463 g/mol. The molecule has 33 heavy (non-hydrogen) atoms. The molecule has 0 radical (unpaired) electrons. The molecule has 7 heteroatoms. The number of carbonyl (C=O) groups is 3. The van der Waals surface area contributed by atoms with E-state index < -0.39 is 18.5 Å². The van der Waals surface area contributed by atoms with Crippen molar-refractivity contribution >= 4 is 40.9 Å². The zero-order valence-electron chi connectivity index (χ0n) is 18.8. The average Bonchev–Trinajstić information content (AvgIpc) is 3.28. The zero-order valence-corrected chi connectivity index (χ0v) is 19.6. The van der Waals surface area contributed by atoms with Crippen molar-refractivity contribution in [2.45, 2.75) is 13.8 Å². The Morgan fingerprint density at radius 3 is 2.36 bits per heavy atom. The number of carbonyl (C=O) groups excluding carboxylic acids is 3. The highest BCUT2D eigenvalue weighted by molar-refractivity contribution is 7.16. The first-order valence-corrected chi connectivity index (χ1v) is 11.3. The van der Waals surface area contributed by atoms with Crippen LogP contribution in [0.1, 0.15) is 16.0 Å². The molecule has 0 fully saturated rings. The van der Waals surface area contributed by atoms with E-state index in [0.29, 0.717) is 0 Å². The normalized spacial score (nSPS) is 10.8. The molecule has 2 aromatic carbocycles. The number of benzene rings is 2. The molecule has 3 aromatic rings. The lowest BCUT2D eigenvalue weighted by Gasteiger charge is -2.18. The molecule has 0 aliphatic rings. The topological polar surface area (TPSA) is 75.7 Å². The molecule has 1 heterocycles. The minimum atomic E-state index is -0.619. The van der Waals surface area contributed by atoms with Crippen LogP contribution in [0.15, 0.2) is 66.7 Å². The first-order chi connectivity index (χ1) is 15.8. The van der Waals surface area contributed by atoms with Crippen molar-refractivity contribution in [2.24, 2.45) is 0 Å². The number of amides is 2. The molecular formula is C26H26N2O4S. The van der Waals surface area contributed by atoms with E-state index in [1.54, 1.807) is 17.4 Å². The fraction of sp³-hybridized carbons (Fsp3) is 0.192. The number of hydrogen-bond donors (Lipinski definition) is 1. The van der Waals surface area contributed by atoms with E-state index in [2.05, 4.69) is 5.32 Å². The maximum Gasteiger partial charge on any atom is 0.331 e. The molecule has 2 amide bonds. The van der Waals surface area contributed by atoms with Gasteiger partial charge in [-0.15, -0.1) is 11.3 Å². The summed E-state index contributed by atoms with van der Waals surface area (Å²) in [4.78, 5) is 39.8. The third-order valence-electron chi connectivity index (χ3n) is 4.96. The summed E-state index contributed by atoms with van der Waals surface area (Å²) in [5.41, 5.74) is 3.74. The predicted molar refractivity (Wildman–Crippen MR) is 132 cm³/mol. The third kappa shape index (κ3) is 6.89. The van der Waals surface area contributed by atoms with Crippen LogP contribution < -0.4 is 5.32 Å². The van der Waals surface area contributed by atoms with Crippen LogP contribution >= 0.6 is 11.3 Å². The molecule has 0 saturated heterocycles. The Morgan fingerprint density at radius 1 is 0.970 bits per heavy atom. The maximum absolute atomic E-state index is 12.3. The van der Waals surface area contributed by atoms with Crippen molar-refractivity contribution in [3.8, 4) is 10.4 Å². The van der Waals surface area contributed by atoms with Crippen LogP contribution in [0.2, 0.25) is 0 Å². The SMILES string of the molecule is Cc1cccc(C)c1NC(=O)CN(C)C(=O)COC(=O)/C=C/c1ccc(-c2ccccc2)s1. The van der Waals surface area contributed by atoms with Crippen LogP contribution in [0.5, 0.6) is 0 Å². The van der Waals surface area contributed by atoms with E-state index >= 15 is 0 Å². The molecule has 0 aliphatic carbocycles. The first-order valence-electron chi connectivity index (χ1n) is 10.4. The van der Waals surface area contributed by atoms with Crippen LogP contribution in [0.4, 0.5) is 5.69 Å². The fourth-order valence-corrected chi connectivity index (χ4v) is 4.05. The Kier molecular flexibility index (Phi) is 8.16. The minimum Gasteiger partial charge on any atom is -0.452 e. The molecule has 0 atom stereocenters. The van der Waals surface area contributed by atoms with Crippen LogP contribution in [0.25, 0.3) is 16.5 Å². The number of aryl methyl sites for hydroxylation is 2. The molecule has 3 rings (SSSR count). The fourth-order valence-electron chi connectivity index (χ4n) is 3.14. The summed E-state index contributed by atoms with van der Waals surface area (Å²) in [6, 6.07) is 19.6. The van der Waals surface area contributed by atoms with Crippen molar-refractivity contribution in [2.75, 3.05) is 25.5 Å². The first kappa shape index (κ1) is 23.9. The van der Waals surface area contributed by atoms with Gasteiger partial charge in [-0.2, -0.15) is 0 Å². The highest BCUT2D eigenvalue weighted by atomic mass is 32.1. The molecular weight excluding hydrogens is 436 g/mol. The highest BCUT2D eigenvalue weighted by Crippen LogP contribution is 2.28. The zero-order chi connectivity index (χ0) is 23.8. The summed E-state index contributed by atoms with van der Waals surface area (Å²) in [7, 11) is 1.49. The second kappa shape index (κ2) is 11.2. The molecule has 170 valence electrons. The minimum absolute atomic E-state index is 0.141. The Morgan fingerprint density at radius 2 is 1.67 bits per heavy atom. The van der Waals surface area contributed by atoms with Crippen molar-refractivity contribution < 1.29 is 19.1 Å². The van der Waals surface area contributed by atoms with E-state index in [4.69, 9.17) is 4.74 Å². The van der Waals surface area contributed by atoms with Gasteiger partial charge in [-0.25, -0.2) is 4.79 Å². The number of anilines is 1. The van der Waals surface area contributed by atoms with Gasteiger partial charge in [-0.1, -0.05) is 48.5 Å². The monoisotopic (exact) mass is 462 g/mol. The molecule has 6 nitrogen and oxygen atoms in total. The number of esters is 1. The van der Waals surface area contributed by atoms with Crippen molar-refractivity contribution in [3.63, 3.8) is 0 Å². The summed E-state index contributed by atoms with van der Waals surface area (Å²) < 4.78 is 5.03. The standard InChI is InChI=1S/C26H26N2O4S/c1-18-8-7-9-19(2)26(18)27-23(29)16-28(3)24(30)17-32-25(31)15-13-21-12-14-22(33-21)20-10-5-4-6-11-20/h4-15H,16-17H2,1-3H3,(H,27,29)/b15-13+. The van der Waals surface area contributed by atoms with Crippen LogP contribution in [0.3, 0.4) is 0 Å². The quantitative estimate of drug-likeness (QED) is 0.389. The smallest absolute Gasteiger partial charge is 0.331 e. The number of hydrogen-bond acceptors (Lipinski definition) is 5. The summed E-state index contributed by atoms with van der Waals surface area (Å²) in [6.45, 7) is 3.24. The second-order valence-electron chi connectivity index (χ2n) is 7.57. The predicted octanol–water partition coefficient (Wildman–Crippen LogP) is 4.69. The third-order valence-corrected chi connectivity index (χ3v) is 6.06. The van der Waals surface area contributed by atoms with Gasteiger partial charge in [0, 0.05) is 28.6 Å². The van der Waals surface area contributed by atoms with E-state index in [-0.39, 0.29) is 12.5 Å². The summed E-state index contributed by atoms with van der Waals surface area (Å²) >= 11 is 1.55. The van der Waals surface area contributed by atoms with Gasteiger partial charge in [0.2, 0.25) is 5.91 Å². The number of likely N-dealkylation sites (N-methyl/N-ethyl adjacent to an activating group) is 1. The maximum atomic E-state index is 12.3. The number of ether oxygens (including phenoxy) is 1. The van der Waals surface area contributed by atoms with E-state index in [0.717, 1.165) is 32.1 Å². The van der Waals surface area contributed by atoms with E-state index in [1.807, 2.05) is 74.5 Å². The summed E-state index contributed by atoms with van der Waals surface area (Å²) in [5.74, 6) is -1.40. The van der Waals surface area contributed by atoms with E-state index in [9.17, 15) is 14.4 Å².